The van der Waals surface area contributed by atoms with Gasteiger partial charge >= 0.3 is 0 Å². The molecular weight excluding hydrogens is 238 g/mol. The summed E-state index contributed by atoms with van der Waals surface area (Å²) in [4.78, 5) is 4.25. The summed E-state index contributed by atoms with van der Waals surface area (Å²) in [5.41, 5.74) is 2.24. The Morgan fingerprint density at radius 2 is 2.05 bits per heavy atom. The number of hydrogen-bond acceptors (Lipinski definition) is 3. The molecule has 1 saturated heterocycles. The van der Waals surface area contributed by atoms with Crippen molar-refractivity contribution in [2.75, 3.05) is 19.8 Å². The minimum atomic E-state index is 0.514. The van der Waals surface area contributed by atoms with E-state index in [-0.39, 0.29) is 0 Å². The highest BCUT2D eigenvalue weighted by Crippen LogP contribution is 2.23. The van der Waals surface area contributed by atoms with Crippen LogP contribution in [0.25, 0.3) is 11.1 Å². The average molecular weight is 255 g/mol. The monoisotopic (exact) mass is 255 g/mol. The summed E-state index contributed by atoms with van der Waals surface area (Å²) >= 11 is 0. The van der Waals surface area contributed by atoms with Gasteiger partial charge in [0.15, 0.2) is 0 Å². The highest BCUT2D eigenvalue weighted by Gasteiger charge is 2.16. The Kier molecular flexibility index (Phi) is 3.75. The summed E-state index contributed by atoms with van der Waals surface area (Å²) in [6.07, 6.45) is 4.72. The van der Waals surface area contributed by atoms with Gasteiger partial charge in [-0.3, -0.25) is 4.98 Å². The van der Waals surface area contributed by atoms with Crippen LogP contribution in [0.3, 0.4) is 0 Å². The number of rotatable bonds is 4. The number of benzene rings is 1. The first-order valence-corrected chi connectivity index (χ1v) is 6.63. The molecule has 1 aliphatic heterocycles. The van der Waals surface area contributed by atoms with Gasteiger partial charge in [-0.1, -0.05) is 30.3 Å². The summed E-state index contributed by atoms with van der Waals surface area (Å²) in [7, 11) is 0. The molecule has 98 valence electrons. The lowest BCUT2D eigenvalue weighted by Crippen LogP contribution is -2.11. The SMILES string of the molecule is c1ccc(-c2cncc(OCC3CCOC3)c2)cc1. The third-order valence-electron chi connectivity index (χ3n) is 3.33. The molecule has 0 spiro atoms. The summed E-state index contributed by atoms with van der Waals surface area (Å²) in [5, 5.41) is 0. The van der Waals surface area contributed by atoms with Crippen LogP contribution in [0.1, 0.15) is 6.42 Å². The van der Waals surface area contributed by atoms with Crippen molar-refractivity contribution >= 4 is 0 Å². The molecule has 0 radical (unpaired) electrons. The third kappa shape index (κ3) is 3.12. The van der Waals surface area contributed by atoms with Crippen molar-refractivity contribution < 1.29 is 9.47 Å². The van der Waals surface area contributed by atoms with Crippen LogP contribution in [-0.2, 0) is 4.74 Å². The van der Waals surface area contributed by atoms with Crippen molar-refractivity contribution in [1.29, 1.82) is 0 Å². The second kappa shape index (κ2) is 5.85. The standard InChI is InChI=1S/C16H17NO2/c1-2-4-14(5-3-1)15-8-16(10-17-9-15)19-12-13-6-7-18-11-13/h1-5,8-10,13H,6-7,11-12H2. The topological polar surface area (TPSA) is 31.4 Å². The van der Waals surface area contributed by atoms with Gasteiger partial charge < -0.3 is 9.47 Å². The molecule has 1 aliphatic rings. The molecular formula is C16H17NO2. The Hall–Kier alpha value is -1.87. The van der Waals surface area contributed by atoms with E-state index in [1.165, 1.54) is 0 Å². The Balaban J connectivity index is 1.69. The fraction of sp³-hybridized carbons (Fsp3) is 0.312. The van der Waals surface area contributed by atoms with Crippen molar-refractivity contribution in [3.8, 4) is 16.9 Å². The van der Waals surface area contributed by atoms with Crippen molar-refractivity contribution in [3.63, 3.8) is 0 Å². The molecule has 0 aliphatic carbocycles. The highest BCUT2D eigenvalue weighted by atomic mass is 16.5. The molecule has 1 atom stereocenters. The van der Waals surface area contributed by atoms with Crippen LogP contribution in [0.2, 0.25) is 0 Å². The number of ether oxygens (including phenoxy) is 2. The van der Waals surface area contributed by atoms with Gasteiger partial charge in [0, 0.05) is 24.3 Å². The molecule has 1 unspecified atom stereocenters. The molecule has 0 N–H and O–H groups in total. The molecule has 1 aromatic carbocycles. The van der Waals surface area contributed by atoms with E-state index in [1.54, 1.807) is 6.20 Å². The van der Waals surface area contributed by atoms with Gasteiger partial charge in [-0.05, 0) is 18.1 Å². The van der Waals surface area contributed by atoms with Crippen molar-refractivity contribution in [1.82, 2.24) is 4.98 Å². The Morgan fingerprint density at radius 1 is 1.16 bits per heavy atom. The van der Waals surface area contributed by atoms with Crippen LogP contribution in [0.15, 0.2) is 48.8 Å². The number of hydrogen-bond donors (Lipinski definition) is 0. The smallest absolute Gasteiger partial charge is 0.138 e. The van der Waals surface area contributed by atoms with E-state index in [9.17, 15) is 0 Å². The Bertz CT molecular complexity index is 521. The fourth-order valence-electron chi connectivity index (χ4n) is 2.22. The maximum atomic E-state index is 5.81. The number of nitrogens with zero attached hydrogens (tertiary/aromatic N) is 1. The third-order valence-corrected chi connectivity index (χ3v) is 3.33. The van der Waals surface area contributed by atoms with E-state index in [2.05, 4.69) is 17.1 Å². The van der Waals surface area contributed by atoms with E-state index in [4.69, 9.17) is 9.47 Å². The van der Waals surface area contributed by atoms with Crippen LogP contribution in [0, 0.1) is 5.92 Å². The zero-order valence-corrected chi connectivity index (χ0v) is 10.8. The van der Waals surface area contributed by atoms with Crippen LogP contribution < -0.4 is 4.74 Å². The quantitative estimate of drug-likeness (QED) is 0.841. The van der Waals surface area contributed by atoms with Gasteiger partial charge in [0.2, 0.25) is 0 Å². The molecule has 0 amide bonds. The predicted molar refractivity (Wildman–Crippen MR) is 74.1 cm³/mol. The van der Waals surface area contributed by atoms with Gasteiger partial charge in [0.1, 0.15) is 5.75 Å². The first-order chi connectivity index (χ1) is 9.42. The zero-order valence-electron chi connectivity index (χ0n) is 10.8. The van der Waals surface area contributed by atoms with E-state index in [0.29, 0.717) is 12.5 Å². The normalized spacial score (nSPS) is 18.4. The molecule has 3 nitrogen and oxygen atoms in total. The molecule has 2 heterocycles. The van der Waals surface area contributed by atoms with Crippen LogP contribution in [0.5, 0.6) is 5.75 Å². The van der Waals surface area contributed by atoms with Crippen LogP contribution in [0.4, 0.5) is 0 Å². The largest absolute Gasteiger partial charge is 0.492 e. The lowest BCUT2D eigenvalue weighted by molar-refractivity contribution is 0.167. The minimum Gasteiger partial charge on any atom is -0.492 e. The molecule has 1 fully saturated rings. The van der Waals surface area contributed by atoms with Gasteiger partial charge in [-0.25, -0.2) is 0 Å². The molecule has 0 bridgehead atoms. The van der Waals surface area contributed by atoms with Gasteiger partial charge in [-0.2, -0.15) is 0 Å². The lowest BCUT2D eigenvalue weighted by atomic mass is 10.1. The molecule has 1 aromatic heterocycles. The molecule has 2 aromatic rings. The molecule has 3 heteroatoms. The maximum absolute atomic E-state index is 5.81. The summed E-state index contributed by atoms with van der Waals surface area (Å²) < 4.78 is 11.2. The van der Waals surface area contributed by atoms with Crippen molar-refractivity contribution in [3.05, 3.63) is 48.8 Å². The first-order valence-electron chi connectivity index (χ1n) is 6.63. The Labute approximate surface area is 113 Å². The van der Waals surface area contributed by atoms with Gasteiger partial charge in [0.25, 0.3) is 0 Å². The lowest BCUT2D eigenvalue weighted by Gasteiger charge is -2.11. The van der Waals surface area contributed by atoms with E-state index >= 15 is 0 Å². The summed E-state index contributed by atoms with van der Waals surface area (Å²) in [5.74, 6) is 1.34. The van der Waals surface area contributed by atoms with Gasteiger partial charge in [0.05, 0.1) is 19.4 Å². The first kappa shape index (κ1) is 12.2. The number of aromatic nitrogens is 1. The second-order valence-electron chi connectivity index (χ2n) is 4.82. The van der Waals surface area contributed by atoms with Crippen molar-refractivity contribution in [2.24, 2.45) is 5.92 Å². The van der Waals surface area contributed by atoms with E-state index in [0.717, 1.165) is 36.5 Å². The van der Waals surface area contributed by atoms with E-state index in [1.807, 2.05) is 30.5 Å². The second-order valence-corrected chi connectivity index (χ2v) is 4.82. The van der Waals surface area contributed by atoms with Crippen LogP contribution in [-0.4, -0.2) is 24.8 Å². The zero-order chi connectivity index (χ0) is 12.9. The van der Waals surface area contributed by atoms with Gasteiger partial charge in [-0.15, -0.1) is 0 Å². The fourth-order valence-corrected chi connectivity index (χ4v) is 2.22. The molecule has 0 saturated carbocycles. The number of pyridine rings is 1. The Morgan fingerprint density at radius 3 is 2.84 bits per heavy atom. The highest BCUT2D eigenvalue weighted by molar-refractivity contribution is 5.63. The summed E-state index contributed by atoms with van der Waals surface area (Å²) in [6.45, 7) is 2.38. The average Bonchev–Trinajstić information content (AvgIpc) is 3.00. The van der Waals surface area contributed by atoms with Crippen LogP contribution >= 0.6 is 0 Å². The molecule has 19 heavy (non-hydrogen) atoms. The molecule has 3 rings (SSSR count). The summed E-state index contributed by atoms with van der Waals surface area (Å²) in [6, 6.07) is 12.3. The maximum Gasteiger partial charge on any atom is 0.138 e. The van der Waals surface area contributed by atoms with Crippen molar-refractivity contribution in [2.45, 2.75) is 6.42 Å². The predicted octanol–water partition coefficient (Wildman–Crippen LogP) is 3.16. The minimum absolute atomic E-state index is 0.514. The van der Waals surface area contributed by atoms with E-state index < -0.39 is 0 Å².